The summed E-state index contributed by atoms with van der Waals surface area (Å²) in [6.45, 7) is 1.38. The van der Waals surface area contributed by atoms with Gasteiger partial charge in [0.2, 0.25) is 0 Å². The van der Waals surface area contributed by atoms with E-state index in [0.717, 1.165) is 17.4 Å². The van der Waals surface area contributed by atoms with E-state index >= 15 is 0 Å². The highest BCUT2D eigenvalue weighted by molar-refractivity contribution is 7.14. The van der Waals surface area contributed by atoms with E-state index in [1.54, 1.807) is 0 Å². The molecule has 10 heteroatoms. The number of nitrogens with zero attached hydrogens (tertiary/aromatic N) is 1. The number of para-hydroxylation sites is 1. The van der Waals surface area contributed by atoms with E-state index in [1.165, 1.54) is 36.6 Å². The number of nitrogens with one attached hydrogen (secondary N) is 1. The summed E-state index contributed by atoms with van der Waals surface area (Å²) in [5.74, 6) is -5.82. The molecule has 0 radical (unpaired) electrons. The van der Waals surface area contributed by atoms with Crippen molar-refractivity contribution in [2.75, 3.05) is 5.32 Å². The smallest absolute Gasteiger partial charge is 0.339 e. The van der Waals surface area contributed by atoms with Crippen LogP contribution in [0.1, 0.15) is 26.6 Å². The molecule has 0 bridgehead atoms. The standard InChI is InChI=1S/C20H11F3N2O4S/c1-8-5-6-9(15(23)14(8)22)17-13(20(27)28)11(7-30-17)24-18(26)19-25-16-10(21)3-2-4-12(16)29-19/h2-7H,1H3,(H,24,26)(H,27,28). The number of rotatable bonds is 4. The lowest BCUT2D eigenvalue weighted by molar-refractivity contribution is 0.0699. The Bertz CT molecular complexity index is 1330. The molecule has 2 aromatic carbocycles. The number of aryl methyl sites for hydroxylation is 1. The number of carbonyl (C=O) groups is 2. The van der Waals surface area contributed by atoms with E-state index in [9.17, 15) is 27.9 Å². The average molecular weight is 432 g/mol. The third kappa shape index (κ3) is 3.20. The van der Waals surface area contributed by atoms with Gasteiger partial charge in [-0.25, -0.2) is 22.9 Å². The number of thiophene rings is 1. The summed E-state index contributed by atoms with van der Waals surface area (Å²) in [6, 6.07) is 6.54. The van der Waals surface area contributed by atoms with E-state index in [2.05, 4.69) is 10.3 Å². The van der Waals surface area contributed by atoms with Crippen molar-refractivity contribution in [3.05, 3.63) is 70.2 Å². The van der Waals surface area contributed by atoms with Crippen molar-refractivity contribution in [2.45, 2.75) is 6.92 Å². The number of carboxylic acid groups (broad SMARTS) is 1. The van der Waals surface area contributed by atoms with Crippen molar-refractivity contribution in [1.82, 2.24) is 4.98 Å². The Balaban J connectivity index is 1.73. The molecule has 2 N–H and O–H groups in total. The number of oxazole rings is 1. The maximum absolute atomic E-state index is 14.4. The van der Waals surface area contributed by atoms with Crippen LogP contribution in [0, 0.1) is 24.4 Å². The normalized spacial score (nSPS) is 11.1. The topological polar surface area (TPSA) is 92.4 Å². The van der Waals surface area contributed by atoms with Crippen molar-refractivity contribution in [3.63, 3.8) is 0 Å². The predicted octanol–water partition coefficient (Wildman–Crippen LogP) is 5.23. The Morgan fingerprint density at radius 1 is 1.13 bits per heavy atom. The minimum Gasteiger partial charge on any atom is -0.478 e. The molecule has 0 unspecified atom stereocenters. The minimum absolute atomic E-state index is 0.0433. The lowest BCUT2D eigenvalue weighted by Crippen LogP contribution is -2.14. The number of amides is 1. The molecule has 0 aliphatic heterocycles. The number of hydrogen-bond donors (Lipinski definition) is 2. The summed E-state index contributed by atoms with van der Waals surface area (Å²) in [5, 5.41) is 13.2. The van der Waals surface area contributed by atoms with Gasteiger partial charge in [-0.15, -0.1) is 11.3 Å². The first-order valence-corrected chi connectivity index (χ1v) is 9.32. The van der Waals surface area contributed by atoms with Crippen molar-refractivity contribution in [1.29, 1.82) is 0 Å². The Labute approximate surface area is 170 Å². The van der Waals surface area contributed by atoms with Gasteiger partial charge >= 0.3 is 11.9 Å². The van der Waals surface area contributed by atoms with Gasteiger partial charge in [-0.1, -0.05) is 18.2 Å². The third-order valence-corrected chi connectivity index (χ3v) is 5.35. The number of fused-ring (bicyclic) bond motifs is 1. The molecular weight excluding hydrogens is 421 g/mol. The SMILES string of the molecule is Cc1ccc(-c2scc(NC(=O)c3nc4c(F)cccc4o3)c2C(=O)O)c(F)c1F. The van der Waals surface area contributed by atoms with E-state index in [-0.39, 0.29) is 32.8 Å². The van der Waals surface area contributed by atoms with Crippen molar-refractivity contribution in [2.24, 2.45) is 0 Å². The summed E-state index contributed by atoms with van der Waals surface area (Å²) in [5.41, 5.74) is -0.856. The first-order valence-electron chi connectivity index (χ1n) is 8.44. The van der Waals surface area contributed by atoms with Gasteiger partial charge in [0.1, 0.15) is 11.1 Å². The molecule has 0 spiro atoms. The Morgan fingerprint density at radius 3 is 2.60 bits per heavy atom. The van der Waals surface area contributed by atoms with Gasteiger partial charge < -0.3 is 14.8 Å². The molecule has 30 heavy (non-hydrogen) atoms. The zero-order valence-corrected chi connectivity index (χ0v) is 15.9. The Hall–Kier alpha value is -3.66. The van der Waals surface area contributed by atoms with E-state index in [0.29, 0.717) is 0 Å². The van der Waals surface area contributed by atoms with Crippen molar-refractivity contribution >= 4 is 40.0 Å². The number of aromatic nitrogens is 1. The average Bonchev–Trinajstić information content (AvgIpc) is 3.31. The zero-order chi connectivity index (χ0) is 21.6. The molecule has 152 valence electrons. The van der Waals surface area contributed by atoms with Crippen LogP contribution in [0.2, 0.25) is 0 Å². The van der Waals surface area contributed by atoms with Crippen LogP contribution in [-0.4, -0.2) is 22.0 Å². The van der Waals surface area contributed by atoms with Crippen molar-refractivity contribution in [3.8, 4) is 10.4 Å². The van der Waals surface area contributed by atoms with Gasteiger partial charge in [0, 0.05) is 10.9 Å². The predicted molar refractivity (Wildman–Crippen MR) is 103 cm³/mol. The fraction of sp³-hybridized carbons (Fsp3) is 0.0500. The van der Waals surface area contributed by atoms with Crippen LogP contribution in [0.15, 0.2) is 40.1 Å². The lowest BCUT2D eigenvalue weighted by atomic mass is 10.1. The van der Waals surface area contributed by atoms with Crippen LogP contribution in [0.4, 0.5) is 18.9 Å². The quantitative estimate of drug-likeness (QED) is 0.461. The number of anilines is 1. The number of carboxylic acids is 1. The van der Waals surface area contributed by atoms with E-state index in [4.69, 9.17) is 4.42 Å². The van der Waals surface area contributed by atoms with Gasteiger partial charge in [0.25, 0.3) is 5.89 Å². The Morgan fingerprint density at radius 2 is 1.90 bits per heavy atom. The van der Waals surface area contributed by atoms with Crippen LogP contribution in [-0.2, 0) is 0 Å². The molecule has 1 amide bonds. The molecule has 4 rings (SSSR count). The second kappa shape index (κ2) is 7.30. The third-order valence-electron chi connectivity index (χ3n) is 4.34. The van der Waals surface area contributed by atoms with Crippen LogP contribution in [0.25, 0.3) is 21.5 Å². The van der Waals surface area contributed by atoms with Crippen LogP contribution in [0.3, 0.4) is 0 Å². The van der Waals surface area contributed by atoms with Gasteiger partial charge in [-0.2, -0.15) is 0 Å². The molecule has 4 aromatic rings. The first kappa shape index (κ1) is 19.6. The van der Waals surface area contributed by atoms with Crippen LogP contribution < -0.4 is 5.32 Å². The highest BCUT2D eigenvalue weighted by Gasteiger charge is 2.26. The summed E-state index contributed by atoms with van der Waals surface area (Å²) in [4.78, 5) is 28.0. The van der Waals surface area contributed by atoms with Crippen molar-refractivity contribution < 1.29 is 32.3 Å². The van der Waals surface area contributed by atoms with Crippen LogP contribution in [0.5, 0.6) is 0 Å². The molecular formula is C20H11F3N2O4S. The lowest BCUT2D eigenvalue weighted by Gasteiger charge is -2.07. The molecule has 2 heterocycles. The number of hydrogen-bond acceptors (Lipinski definition) is 5. The molecule has 0 fully saturated rings. The van der Waals surface area contributed by atoms with Gasteiger partial charge in [-0.05, 0) is 24.6 Å². The maximum Gasteiger partial charge on any atom is 0.339 e. The molecule has 0 saturated carbocycles. The van der Waals surface area contributed by atoms with Gasteiger partial charge in [0.15, 0.2) is 23.0 Å². The fourth-order valence-electron chi connectivity index (χ4n) is 2.87. The second-order valence-corrected chi connectivity index (χ2v) is 7.16. The molecule has 0 atom stereocenters. The highest BCUT2D eigenvalue weighted by Crippen LogP contribution is 2.38. The monoisotopic (exact) mass is 432 g/mol. The number of aromatic carboxylic acids is 1. The highest BCUT2D eigenvalue weighted by atomic mass is 32.1. The molecule has 0 aliphatic rings. The van der Waals surface area contributed by atoms with Crippen LogP contribution >= 0.6 is 11.3 Å². The maximum atomic E-state index is 14.4. The summed E-state index contributed by atoms with van der Waals surface area (Å²) >= 11 is 0.818. The molecule has 0 saturated heterocycles. The number of carbonyl (C=O) groups excluding carboxylic acids is 1. The zero-order valence-electron chi connectivity index (χ0n) is 15.1. The molecule has 0 aliphatic carbocycles. The summed E-state index contributed by atoms with van der Waals surface area (Å²) in [6.07, 6.45) is 0. The Kier molecular flexibility index (Phi) is 4.78. The summed E-state index contributed by atoms with van der Waals surface area (Å²) in [7, 11) is 0. The minimum atomic E-state index is -1.45. The fourth-order valence-corrected chi connectivity index (χ4v) is 3.88. The van der Waals surface area contributed by atoms with Gasteiger partial charge in [-0.3, -0.25) is 4.79 Å². The number of benzene rings is 2. The molecule has 6 nitrogen and oxygen atoms in total. The molecule has 2 aromatic heterocycles. The van der Waals surface area contributed by atoms with Gasteiger partial charge in [0.05, 0.1) is 10.6 Å². The second-order valence-electron chi connectivity index (χ2n) is 6.28. The van der Waals surface area contributed by atoms with E-state index in [1.807, 2.05) is 0 Å². The number of halogens is 3. The first-order chi connectivity index (χ1) is 14.3. The summed E-state index contributed by atoms with van der Waals surface area (Å²) < 4.78 is 47.3. The largest absolute Gasteiger partial charge is 0.478 e. The van der Waals surface area contributed by atoms with E-state index < -0.39 is 40.8 Å².